The Hall–Kier alpha value is -3.05. The molecule has 2 heterocycles. The molecule has 1 aliphatic heterocycles. The first-order valence-corrected chi connectivity index (χ1v) is 11.6. The maximum Gasteiger partial charge on any atom is 0.416 e. The molecule has 0 saturated carbocycles. The van der Waals surface area contributed by atoms with Crippen LogP contribution in [0.5, 0.6) is 5.75 Å². The molecule has 1 aliphatic rings. The van der Waals surface area contributed by atoms with Crippen LogP contribution in [0.1, 0.15) is 29.8 Å². The summed E-state index contributed by atoms with van der Waals surface area (Å²) in [5.74, 6) is 1.14. The molecule has 0 spiro atoms. The first-order chi connectivity index (χ1) is 16.3. The molecule has 1 amide bonds. The van der Waals surface area contributed by atoms with E-state index in [1.54, 1.807) is 29.9 Å². The summed E-state index contributed by atoms with van der Waals surface area (Å²) >= 11 is 1.25. The minimum Gasteiger partial charge on any atom is -0.497 e. The molecule has 1 fully saturated rings. The SMILES string of the molecule is COc1cccc(-n2c(CNC(=O)[C@H]3CCCO3)nnc2SCc2cccc(C(F)(F)F)c2)c1. The van der Waals surface area contributed by atoms with Crippen LogP contribution in [-0.4, -0.2) is 40.5 Å². The number of carbonyl (C=O) groups excluding carboxylic acids is 1. The Labute approximate surface area is 198 Å². The van der Waals surface area contributed by atoms with Crippen LogP contribution in [0.2, 0.25) is 0 Å². The predicted octanol–water partition coefficient (Wildman–Crippen LogP) is 4.38. The van der Waals surface area contributed by atoms with Crippen molar-refractivity contribution in [3.05, 3.63) is 65.5 Å². The average molecular weight is 493 g/mol. The van der Waals surface area contributed by atoms with Gasteiger partial charge >= 0.3 is 6.18 Å². The Bertz CT molecular complexity index is 1150. The highest BCUT2D eigenvalue weighted by Gasteiger charge is 2.30. The van der Waals surface area contributed by atoms with E-state index >= 15 is 0 Å². The van der Waals surface area contributed by atoms with E-state index in [2.05, 4.69) is 15.5 Å². The highest BCUT2D eigenvalue weighted by Crippen LogP contribution is 2.32. The Morgan fingerprint density at radius 2 is 2.06 bits per heavy atom. The van der Waals surface area contributed by atoms with Crippen LogP contribution in [0.3, 0.4) is 0 Å². The lowest BCUT2D eigenvalue weighted by molar-refractivity contribution is -0.137. The molecule has 0 unspecified atom stereocenters. The number of alkyl halides is 3. The predicted molar refractivity (Wildman–Crippen MR) is 120 cm³/mol. The summed E-state index contributed by atoms with van der Waals surface area (Å²) in [6.07, 6.45) is -3.36. The zero-order valence-corrected chi connectivity index (χ0v) is 19.2. The minimum absolute atomic E-state index is 0.118. The van der Waals surface area contributed by atoms with Crippen molar-refractivity contribution in [1.82, 2.24) is 20.1 Å². The summed E-state index contributed by atoms with van der Waals surface area (Å²) < 4.78 is 51.7. The lowest BCUT2D eigenvalue weighted by atomic mass is 10.1. The van der Waals surface area contributed by atoms with E-state index in [9.17, 15) is 18.0 Å². The van der Waals surface area contributed by atoms with Crippen LogP contribution < -0.4 is 10.1 Å². The average Bonchev–Trinajstić information content (AvgIpc) is 3.51. The maximum absolute atomic E-state index is 13.1. The van der Waals surface area contributed by atoms with E-state index in [0.29, 0.717) is 41.0 Å². The molecule has 3 aromatic rings. The van der Waals surface area contributed by atoms with Crippen LogP contribution in [0.4, 0.5) is 13.2 Å². The smallest absolute Gasteiger partial charge is 0.416 e. The highest BCUT2D eigenvalue weighted by molar-refractivity contribution is 7.98. The van der Waals surface area contributed by atoms with Gasteiger partial charge in [0.2, 0.25) is 5.91 Å². The zero-order chi connectivity index (χ0) is 24.1. The fraction of sp³-hybridized carbons (Fsp3) is 0.348. The first kappa shape index (κ1) is 24.1. The van der Waals surface area contributed by atoms with E-state index < -0.39 is 17.8 Å². The number of nitrogens with one attached hydrogen (secondary N) is 1. The fourth-order valence-corrected chi connectivity index (χ4v) is 4.48. The van der Waals surface area contributed by atoms with Crippen LogP contribution in [0.15, 0.2) is 53.7 Å². The van der Waals surface area contributed by atoms with Crippen molar-refractivity contribution in [2.75, 3.05) is 13.7 Å². The number of nitrogens with zero attached hydrogens (tertiary/aromatic N) is 3. The summed E-state index contributed by atoms with van der Waals surface area (Å²) in [5, 5.41) is 11.8. The van der Waals surface area contributed by atoms with Crippen molar-refractivity contribution < 1.29 is 27.4 Å². The molecule has 4 rings (SSSR count). The minimum atomic E-state index is -4.41. The van der Waals surface area contributed by atoms with Gasteiger partial charge < -0.3 is 14.8 Å². The van der Waals surface area contributed by atoms with E-state index in [-0.39, 0.29) is 18.2 Å². The van der Waals surface area contributed by atoms with Crippen molar-refractivity contribution in [2.45, 2.75) is 42.6 Å². The maximum atomic E-state index is 13.1. The summed E-state index contributed by atoms with van der Waals surface area (Å²) in [4.78, 5) is 12.4. The summed E-state index contributed by atoms with van der Waals surface area (Å²) in [5.41, 5.74) is 0.517. The van der Waals surface area contributed by atoms with Crippen LogP contribution in [-0.2, 0) is 28.0 Å². The molecule has 0 radical (unpaired) electrons. The number of methoxy groups -OCH3 is 1. The summed E-state index contributed by atoms with van der Waals surface area (Å²) in [6.45, 7) is 0.682. The summed E-state index contributed by atoms with van der Waals surface area (Å²) in [6, 6.07) is 12.4. The van der Waals surface area contributed by atoms with Gasteiger partial charge in [0.1, 0.15) is 11.9 Å². The normalized spacial score (nSPS) is 15.9. The van der Waals surface area contributed by atoms with E-state index in [1.165, 1.54) is 17.8 Å². The van der Waals surface area contributed by atoms with Crippen molar-refractivity contribution in [3.8, 4) is 11.4 Å². The first-order valence-electron chi connectivity index (χ1n) is 10.6. The van der Waals surface area contributed by atoms with Crippen molar-refractivity contribution in [2.24, 2.45) is 0 Å². The molecule has 180 valence electrons. The van der Waals surface area contributed by atoms with Crippen LogP contribution in [0.25, 0.3) is 5.69 Å². The molecular formula is C23H23F3N4O3S. The number of ether oxygens (including phenoxy) is 2. The second kappa shape index (κ2) is 10.5. The van der Waals surface area contributed by atoms with Gasteiger partial charge in [-0.3, -0.25) is 9.36 Å². The Kier molecular flexibility index (Phi) is 7.42. The van der Waals surface area contributed by atoms with E-state index in [1.807, 2.05) is 12.1 Å². The highest BCUT2D eigenvalue weighted by atomic mass is 32.2. The molecule has 11 heteroatoms. The van der Waals surface area contributed by atoms with Gasteiger partial charge in [0.15, 0.2) is 11.0 Å². The number of halogens is 3. The third kappa shape index (κ3) is 5.71. The Morgan fingerprint density at radius 1 is 1.24 bits per heavy atom. The molecule has 1 aromatic heterocycles. The molecule has 7 nitrogen and oxygen atoms in total. The lowest BCUT2D eigenvalue weighted by Crippen LogP contribution is -2.34. The van der Waals surface area contributed by atoms with Crippen molar-refractivity contribution >= 4 is 17.7 Å². The van der Waals surface area contributed by atoms with Crippen LogP contribution in [0, 0.1) is 0 Å². The number of rotatable bonds is 8. The molecule has 1 N–H and O–H groups in total. The zero-order valence-electron chi connectivity index (χ0n) is 18.3. The molecule has 34 heavy (non-hydrogen) atoms. The quantitative estimate of drug-likeness (QED) is 0.470. The Balaban J connectivity index is 1.57. The molecule has 0 bridgehead atoms. The molecule has 2 aromatic carbocycles. The van der Waals surface area contributed by atoms with E-state index in [4.69, 9.17) is 9.47 Å². The topological polar surface area (TPSA) is 78.3 Å². The van der Waals surface area contributed by atoms with Crippen molar-refractivity contribution in [1.29, 1.82) is 0 Å². The number of thioether (sulfide) groups is 1. The number of hydrogen-bond donors (Lipinski definition) is 1. The van der Waals surface area contributed by atoms with Gasteiger partial charge in [-0.1, -0.05) is 36.0 Å². The molecule has 1 atom stereocenters. The molecule has 0 aliphatic carbocycles. The van der Waals surface area contributed by atoms with Crippen molar-refractivity contribution in [3.63, 3.8) is 0 Å². The number of amides is 1. The number of aromatic nitrogens is 3. The van der Waals surface area contributed by atoms with Gasteiger partial charge in [0.05, 0.1) is 24.9 Å². The van der Waals surface area contributed by atoms with Gasteiger partial charge in [-0.15, -0.1) is 10.2 Å². The monoisotopic (exact) mass is 492 g/mol. The third-order valence-electron chi connectivity index (χ3n) is 5.28. The van der Waals surface area contributed by atoms with Gasteiger partial charge in [-0.25, -0.2) is 0 Å². The standard InChI is InChI=1S/C23H23F3N4O3S/c1-32-18-8-3-7-17(12-18)30-20(13-27-21(31)19-9-4-10-33-19)28-29-22(30)34-14-15-5-2-6-16(11-15)23(24,25)26/h2-3,5-8,11-12,19H,4,9-10,13-14H2,1H3,(H,27,31)/t19-/m1/s1. The van der Waals surface area contributed by atoms with Gasteiger partial charge in [-0.05, 0) is 36.6 Å². The van der Waals surface area contributed by atoms with Gasteiger partial charge in [-0.2, -0.15) is 13.2 Å². The van der Waals surface area contributed by atoms with Gasteiger partial charge in [0.25, 0.3) is 0 Å². The van der Waals surface area contributed by atoms with Gasteiger partial charge in [0, 0.05) is 18.4 Å². The second-order valence-corrected chi connectivity index (χ2v) is 8.58. The summed E-state index contributed by atoms with van der Waals surface area (Å²) in [7, 11) is 1.55. The number of hydrogen-bond acceptors (Lipinski definition) is 6. The van der Waals surface area contributed by atoms with E-state index in [0.717, 1.165) is 18.6 Å². The lowest BCUT2D eigenvalue weighted by Gasteiger charge is -2.13. The third-order valence-corrected chi connectivity index (χ3v) is 6.28. The molecule has 1 saturated heterocycles. The number of carbonyl (C=O) groups is 1. The van der Waals surface area contributed by atoms with Crippen LogP contribution >= 0.6 is 11.8 Å². The second-order valence-electron chi connectivity index (χ2n) is 7.64. The number of benzene rings is 2. The Morgan fingerprint density at radius 3 is 2.79 bits per heavy atom. The largest absolute Gasteiger partial charge is 0.497 e. The fourth-order valence-electron chi connectivity index (χ4n) is 3.57. The molecular weight excluding hydrogens is 469 g/mol.